The lowest BCUT2D eigenvalue weighted by molar-refractivity contribution is -0.198. The second kappa shape index (κ2) is 21.1. The molecule has 54 heavy (non-hydrogen) atoms. The number of aliphatic imine (C=N–C) groups is 1. The highest BCUT2D eigenvalue weighted by molar-refractivity contribution is 7.91. The van der Waals surface area contributed by atoms with Gasteiger partial charge in [0, 0.05) is 0 Å². The Kier molecular flexibility index (Phi) is 16.6. The predicted octanol–water partition coefficient (Wildman–Crippen LogP) is 10.9. The van der Waals surface area contributed by atoms with Gasteiger partial charge in [0.15, 0.2) is 21.4 Å². The van der Waals surface area contributed by atoms with Gasteiger partial charge in [-0.25, -0.2) is 22.8 Å². The monoisotopic (exact) mass is 791 g/mol. The summed E-state index contributed by atoms with van der Waals surface area (Å²) in [5.41, 5.74) is -0.0651. The smallest absolute Gasteiger partial charge is 0.444 e. The Bertz CT molecular complexity index is 1790. The summed E-state index contributed by atoms with van der Waals surface area (Å²) in [6.07, 6.45) is 12.0. The minimum atomic E-state index is -4.41. The Morgan fingerprint density at radius 2 is 1.37 bits per heavy atom. The van der Waals surface area contributed by atoms with Gasteiger partial charge in [0.05, 0.1) is 22.0 Å². The van der Waals surface area contributed by atoms with Crippen LogP contribution in [0.3, 0.4) is 0 Å². The molecule has 0 bridgehead atoms. The molecule has 0 spiro atoms. The van der Waals surface area contributed by atoms with Crippen molar-refractivity contribution in [3.05, 3.63) is 72.8 Å². The number of sulfone groups is 1. The van der Waals surface area contributed by atoms with Crippen LogP contribution < -0.4 is 15.2 Å². The van der Waals surface area contributed by atoms with Crippen LogP contribution in [0.25, 0.3) is 0 Å². The number of ether oxygens (including phenoxy) is 1. The number of phenolic OH excluding ortho intramolecular Hbond substituents is 1. The molecule has 15 heteroatoms. The van der Waals surface area contributed by atoms with E-state index < -0.39 is 39.3 Å². The van der Waals surface area contributed by atoms with Gasteiger partial charge in [-0.2, -0.15) is 19.0 Å². The zero-order valence-corrected chi connectivity index (χ0v) is 32.1. The second-order valence-electron chi connectivity index (χ2n) is 13.3. The van der Waals surface area contributed by atoms with Crippen LogP contribution in [-0.2, 0) is 14.6 Å². The average molecular weight is 792 g/mol. The summed E-state index contributed by atoms with van der Waals surface area (Å²) in [5, 5.41) is 18.7. The molecule has 3 aromatic rings. The Morgan fingerprint density at radius 1 is 0.833 bits per heavy atom. The van der Waals surface area contributed by atoms with Crippen LogP contribution in [0.15, 0.2) is 92.9 Å². The number of halogens is 4. The summed E-state index contributed by atoms with van der Waals surface area (Å²) >= 11 is 4.98. The Labute approximate surface area is 320 Å². The first-order valence-corrected chi connectivity index (χ1v) is 20.7. The van der Waals surface area contributed by atoms with Crippen LogP contribution in [0.4, 0.5) is 30.2 Å². The number of nitrogens with one attached hydrogen (secondary N) is 1. The third kappa shape index (κ3) is 13.0. The van der Waals surface area contributed by atoms with Gasteiger partial charge in [0.2, 0.25) is 6.04 Å². The number of hydrogen-bond donors (Lipinski definition) is 2. The maximum Gasteiger partial charge on any atom is 0.444 e. The summed E-state index contributed by atoms with van der Waals surface area (Å²) in [4.78, 5) is 18.3. The zero-order valence-electron chi connectivity index (χ0n) is 30.5. The number of benzene rings is 3. The number of hydrazine groups is 1. The normalized spacial score (nSPS) is 16.3. The fourth-order valence-electron chi connectivity index (χ4n) is 5.87. The number of carbonyl (C=O) groups is 1. The summed E-state index contributed by atoms with van der Waals surface area (Å²) < 4.78 is 72.4. The maximum absolute atomic E-state index is 14.1. The van der Waals surface area contributed by atoms with Gasteiger partial charge in [0.25, 0.3) is 11.5 Å². The molecule has 10 nitrogen and oxygen atoms in total. The Morgan fingerprint density at radius 3 is 1.94 bits per heavy atom. The highest BCUT2D eigenvalue weighted by atomic mass is 35.5. The maximum atomic E-state index is 14.1. The number of unbranched alkanes of at least 4 members (excludes halogenated alkanes) is 13. The number of carbonyl (C=O) groups excluding carboxylic acids is 1. The molecule has 0 aliphatic carbocycles. The molecule has 1 amide bonds. The molecule has 1 aliphatic rings. The number of nitrogens with zero attached hydrogens (tertiary/aromatic N) is 4. The van der Waals surface area contributed by atoms with E-state index in [-0.39, 0.29) is 33.6 Å². The Balaban J connectivity index is 1.38. The van der Waals surface area contributed by atoms with Crippen LogP contribution in [0.2, 0.25) is 0 Å². The van der Waals surface area contributed by atoms with Crippen molar-refractivity contribution in [1.29, 1.82) is 0 Å². The van der Waals surface area contributed by atoms with Gasteiger partial charge in [-0.1, -0.05) is 114 Å². The molecule has 2 unspecified atom stereocenters. The number of aromatic hydroxyl groups is 1. The molecule has 0 radical (unpaired) electrons. The van der Waals surface area contributed by atoms with Crippen LogP contribution >= 0.6 is 11.6 Å². The van der Waals surface area contributed by atoms with E-state index in [4.69, 9.17) is 11.6 Å². The number of para-hydroxylation sites is 2. The molecule has 2 N–H and O–H groups in total. The standard InChI is InChI=1S/C39H49ClF3N5O5S/c1-2-3-4-5-6-7-8-9-10-11-12-13-14-17-28-54(51,52)32-26-22-29(23-27-32)44-36-35(46-45-30-20-24-31(49)25-21-30)37(50)48(47-36)33-18-15-16-19-34(33)53-39(42,43)38(40)41/h15-16,18-27,35,38,49H,2-14,17,28H2,1H3,(H,44,47). The van der Waals surface area contributed by atoms with E-state index in [1.54, 1.807) is 0 Å². The highest BCUT2D eigenvalue weighted by Crippen LogP contribution is 2.36. The van der Waals surface area contributed by atoms with Crippen molar-refractivity contribution in [3.63, 3.8) is 0 Å². The number of azo groups is 1. The van der Waals surface area contributed by atoms with E-state index in [0.717, 1.165) is 30.3 Å². The van der Waals surface area contributed by atoms with Gasteiger partial charge < -0.3 is 9.84 Å². The SMILES string of the molecule is CCCCCCCCCCCCCCCCS(=O)(=O)c1ccc(N=C2NN(c3ccccc3OC(F)(F)C(F)Cl)C(=O)C2N=Nc2ccc(O)cc2)cc1. The average Bonchev–Trinajstić information content (AvgIpc) is 3.45. The predicted molar refractivity (Wildman–Crippen MR) is 206 cm³/mol. The molecule has 3 aromatic carbocycles. The van der Waals surface area contributed by atoms with Crippen molar-refractivity contribution < 1.29 is 36.2 Å². The van der Waals surface area contributed by atoms with Crippen molar-refractivity contribution in [3.8, 4) is 11.5 Å². The zero-order chi connectivity index (χ0) is 39.0. The molecule has 0 saturated carbocycles. The van der Waals surface area contributed by atoms with Crippen molar-refractivity contribution in [2.75, 3.05) is 10.8 Å². The number of alkyl halides is 4. The number of phenols is 1. The molecule has 4 rings (SSSR count). The van der Waals surface area contributed by atoms with Crippen molar-refractivity contribution in [1.82, 2.24) is 5.43 Å². The molecule has 1 saturated heterocycles. The summed E-state index contributed by atoms with van der Waals surface area (Å²) in [7, 11) is -3.54. The third-order valence-electron chi connectivity index (χ3n) is 8.90. The fourth-order valence-corrected chi connectivity index (χ4v) is 7.29. The van der Waals surface area contributed by atoms with E-state index in [2.05, 4.69) is 32.3 Å². The minimum absolute atomic E-state index is 0.00749. The number of amides is 1. The number of rotatable bonds is 23. The summed E-state index contributed by atoms with van der Waals surface area (Å²) in [5.74, 6) is -1.40. The van der Waals surface area contributed by atoms with Crippen LogP contribution in [-0.4, -0.2) is 48.8 Å². The molecule has 294 valence electrons. The van der Waals surface area contributed by atoms with Gasteiger partial charge in [-0.05, 0) is 67.1 Å². The first-order chi connectivity index (χ1) is 25.9. The fraction of sp³-hybridized carbons (Fsp3) is 0.487. The number of amidine groups is 1. The molecule has 1 heterocycles. The topological polar surface area (TPSA) is 133 Å². The molecule has 2 atom stereocenters. The van der Waals surface area contributed by atoms with Gasteiger partial charge in [-0.3, -0.25) is 10.2 Å². The van der Waals surface area contributed by atoms with E-state index in [0.29, 0.717) is 12.1 Å². The van der Waals surface area contributed by atoms with Crippen LogP contribution in [0.1, 0.15) is 96.8 Å². The Hall–Kier alpha value is -4.17. The van der Waals surface area contributed by atoms with E-state index in [9.17, 15) is 31.5 Å². The van der Waals surface area contributed by atoms with E-state index >= 15 is 0 Å². The molecular formula is C39H49ClF3N5O5S. The first kappa shape index (κ1) is 42.6. The van der Waals surface area contributed by atoms with E-state index in [1.807, 2.05) is 0 Å². The molecule has 1 aliphatic heterocycles. The van der Waals surface area contributed by atoms with Gasteiger partial charge in [-0.15, -0.1) is 0 Å². The minimum Gasteiger partial charge on any atom is -0.508 e. The molecule has 0 aromatic heterocycles. The largest absolute Gasteiger partial charge is 0.508 e. The van der Waals surface area contributed by atoms with Gasteiger partial charge >= 0.3 is 6.11 Å². The lowest BCUT2D eigenvalue weighted by atomic mass is 10.0. The van der Waals surface area contributed by atoms with Crippen molar-refractivity contribution >= 4 is 50.2 Å². The quantitative estimate of drug-likeness (QED) is 0.0558. The van der Waals surface area contributed by atoms with Crippen molar-refractivity contribution in [2.45, 2.75) is 119 Å². The lowest BCUT2D eigenvalue weighted by Gasteiger charge is -2.23. The summed E-state index contributed by atoms with van der Waals surface area (Å²) in [6.45, 7) is 2.23. The van der Waals surface area contributed by atoms with E-state index in [1.165, 1.54) is 131 Å². The molecule has 1 fully saturated rings. The second-order valence-corrected chi connectivity index (χ2v) is 15.8. The third-order valence-corrected chi connectivity index (χ3v) is 11.0. The van der Waals surface area contributed by atoms with Gasteiger partial charge in [0.1, 0.15) is 11.4 Å². The van der Waals surface area contributed by atoms with Crippen LogP contribution in [0.5, 0.6) is 11.5 Å². The first-order valence-electron chi connectivity index (χ1n) is 18.6. The lowest BCUT2D eigenvalue weighted by Crippen LogP contribution is -2.38. The highest BCUT2D eigenvalue weighted by Gasteiger charge is 2.45. The number of anilines is 1. The molecular weight excluding hydrogens is 743 g/mol. The van der Waals surface area contributed by atoms with Crippen molar-refractivity contribution in [2.24, 2.45) is 15.2 Å². The number of hydrogen-bond acceptors (Lipinski definition) is 8. The van der Waals surface area contributed by atoms with Crippen LogP contribution in [0, 0.1) is 0 Å². The summed E-state index contributed by atoms with van der Waals surface area (Å²) in [6, 6.07) is 15.3.